The van der Waals surface area contributed by atoms with Crippen LogP contribution in [0.25, 0.3) is 11.3 Å². The molecular formula is C28H20Cl2N4O3S. The van der Waals surface area contributed by atoms with Gasteiger partial charge in [0, 0.05) is 27.2 Å². The zero-order valence-corrected chi connectivity index (χ0v) is 22.5. The lowest BCUT2D eigenvalue weighted by molar-refractivity contribution is -0.120. The number of benzene rings is 3. The molecule has 38 heavy (non-hydrogen) atoms. The van der Waals surface area contributed by atoms with E-state index in [-0.39, 0.29) is 16.6 Å². The van der Waals surface area contributed by atoms with E-state index in [1.54, 1.807) is 48.5 Å². The van der Waals surface area contributed by atoms with Crippen LogP contribution in [-0.2, 0) is 9.59 Å². The van der Waals surface area contributed by atoms with E-state index in [9.17, 15) is 14.4 Å². The summed E-state index contributed by atoms with van der Waals surface area (Å²) in [5, 5.41) is 8.39. The Morgan fingerprint density at radius 3 is 2.42 bits per heavy atom. The van der Waals surface area contributed by atoms with Crippen LogP contribution < -0.4 is 15.5 Å². The first-order valence-corrected chi connectivity index (χ1v) is 13.1. The number of amides is 3. The lowest BCUT2D eigenvalue weighted by Gasteiger charge is -2.16. The van der Waals surface area contributed by atoms with Crippen molar-refractivity contribution >= 4 is 68.8 Å². The predicted molar refractivity (Wildman–Crippen MR) is 152 cm³/mol. The van der Waals surface area contributed by atoms with Gasteiger partial charge >= 0.3 is 0 Å². The number of nitrogens with zero attached hydrogens (tertiary/aromatic N) is 2. The fraction of sp³-hybridized carbons (Fsp3) is 0.0714. The van der Waals surface area contributed by atoms with Gasteiger partial charge in [-0.15, -0.1) is 11.3 Å². The van der Waals surface area contributed by atoms with Crippen molar-refractivity contribution in [1.29, 1.82) is 0 Å². The lowest BCUT2D eigenvalue weighted by atomic mass is 10.1. The van der Waals surface area contributed by atoms with Crippen molar-refractivity contribution in [2.24, 2.45) is 0 Å². The molecule has 0 saturated heterocycles. The Kier molecular flexibility index (Phi) is 7.03. The van der Waals surface area contributed by atoms with Crippen molar-refractivity contribution in [3.05, 3.63) is 105 Å². The molecule has 3 aromatic carbocycles. The molecule has 190 valence electrons. The highest BCUT2D eigenvalue weighted by Gasteiger charge is 2.39. The van der Waals surface area contributed by atoms with Crippen LogP contribution in [-0.4, -0.2) is 22.7 Å². The molecule has 2 heterocycles. The molecule has 0 aliphatic carbocycles. The van der Waals surface area contributed by atoms with Crippen molar-refractivity contribution < 1.29 is 14.4 Å². The van der Waals surface area contributed by atoms with Gasteiger partial charge in [0.25, 0.3) is 17.7 Å². The van der Waals surface area contributed by atoms with Crippen molar-refractivity contribution in [3.8, 4) is 11.3 Å². The summed E-state index contributed by atoms with van der Waals surface area (Å²) < 4.78 is 0. The third-order valence-corrected chi connectivity index (χ3v) is 7.40. The number of hydrogen-bond donors (Lipinski definition) is 2. The number of thiazole rings is 1. The van der Waals surface area contributed by atoms with Gasteiger partial charge in [0.15, 0.2) is 5.13 Å². The summed E-state index contributed by atoms with van der Waals surface area (Å²) >= 11 is 13.5. The van der Waals surface area contributed by atoms with Crippen LogP contribution in [0, 0.1) is 13.8 Å². The number of aryl methyl sites for hydroxylation is 2. The van der Waals surface area contributed by atoms with E-state index in [4.69, 9.17) is 23.2 Å². The molecule has 0 radical (unpaired) electrons. The first kappa shape index (κ1) is 25.7. The summed E-state index contributed by atoms with van der Waals surface area (Å²) in [5.41, 5.74) is 4.73. The van der Waals surface area contributed by atoms with Crippen LogP contribution in [0.1, 0.15) is 21.5 Å². The lowest BCUT2D eigenvalue weighted by Crippen LogP contribution is -2.32. The van der Waals surface area contributed by atoms with Crippen LogP contribution in [0.3, 0.4) is 0 Å². The Hall–Kier alpha value is -3.98. The van der Waals surface area contributed by atoms with Crippen LogP contribution in [0.15, 0.2) is 82.8 Å². The fourth-order valence-corrected chi connectivity index (χ4v) is 4.90. The number of carbonyl (C=O) groups excluding carboxylic acids is 3. The minimum absolute atomic E-state index is 0.0556. The molecule has 0 atom stereocenters. The highest BCUT2D eigenvalue weighted by molar-refractivity contribution is 7.14. The highest BCUT2D eigenvalue weighted by Crippen LogP contribution is 2.31. The first-order valence-electron chi connectivity index (χ1n) is 11.5. The standard InChI is InChI=1S/C28H20Cl2N4O3S/c1-15-6-11-21(12-16(15)2)34-26(36)23(30)24(27(34)37)31-20-5-3-4-18(13-20)25(35)33-28-32-22(14-38-28)17-7-9-19(29)10-8-17/h3-14,31H,1-2H3,(H,32,33,35). The number of nitrogens with one attached hydrogen (secondary N) is 2. The average molecular weight is 563 g/mol. The summed E-state index contributed by atoms with van der Waals surface area (Å²) in [4.78, 5) is 44.4. The van der Waals surface area contributed by atoms with E-state index in [1.807, 2.05) is 37.4 Å². The fourth-order valence-electron chi connectivity index (χ4n) is 3.85. The molecule has 4 aromatic rings. The summed E-state index contributed by atoms with van der Waals surface area (Å²) in [6.07, 6.45) is 0. The van der Waals surface area contributed by atoms with E-state index in [2.05, 4.69) is 15.6 Å². The summed E-state index contributed by atoms with van der Waals surface area (Å²) in [7, 11) is 0. The SMILES string of the molecule is Cc1ccc(N2C(=O)C(Cl)=C(Nc3cccc(C(=O)Nc4nc(-c5ccc(Cl)cc5)cs4)c3)C2=O)cc1C. The number of aromatic nitrogens is 1. The number of rotatable bonds is 6. The van der Waals surface area contributed by atoms with Crippen molar-refractivity contribution in [2.45, 2.75) is 13.8 Å². The van der Waals surface area contributed by atoms with Crippen LogP contribution in [0.4, 0.5) is 16.5 Å². The maximum Gasteiger partial charge on any atom is 0.283 e. The molecule has 3 amide bonds. The average Bonchev–Trinajstić information content (AvgIpc) is 3.45. The van der Waals surface area contributed by atoms with E-state index in [0.717, 1.165) is 27.3 Å². The Labute approximate surface area is 232 Å². The molecule has 10 heteroatoms. The number of imide groups is 1. The minimum Gasteiger partial charge on any atom is -0.350 e. The van der Waals surface area contributed by atoms with Gasteiger partial charge in [-0.05, 0) is 67.4 Å². The second-order valence-corrected chi connectivity index (χ2v) is 10.3. The molecule has 2 N–H and O–H groups in total. The molecule has 1 aliphatic heterocycles. The van der Waals surface area contributed by atoms with Crippen molar-refractivity contribution in [1.82, 2.24) is 4.98 Å². The summed E-state index contributed by atoms with van der Waals surface area (Å²) in [6, 6.07) is 19.1. The molecule has 5 rings (SSSR count). The minimum atomic E-state index is -0.614. The van der Waals surface area contributed by atoms with E-state index < -0.39 is 11.8 Å². The van der Waals surface area contributed by atoms with Gasteiger partial charge in [0.2, 0.25) is 0 Å². The monoisotopic (exact) mass is 562 g/mol. The van der Waals surface area contributed by atoms with Crippen LogP contribution in [0.2, 0.25) is 5.02 Å². The molecule has 7 nitrogen and oxygen atoms in total. The quantitative estimate of drug-likeness (QED) is 0.253. The smallest absolute Gasteiger partial charge is 0.283 e. The Balaban J connectivity index is 1.31. The number of hydrogen-bond acceptors (Lipinski definition) is 6. The zero-order valence-electron chi connectivity index (χ0n) is 20.2. The van der Waals surface area contributed by atoms with E-state index in [0.29, 0.717) is 27.1 Å². The second kappa shape index (κ2) is 10.4. The Morgan fingerprint density at radius 2 is 1.68 bits per heavy atom. The molecule has 0 unspecified atom stereocenters. The molecule has 1 aromatic heterocycles. The third kappa shape index (κ3) is 5.06. The first-order chi connectivity index (χ1) is 18.2. The second-order valence-electron chi connectivity index (χ2n) is 8.61. The molecule has 0 bridgehead atoms. The topological polar surface area (TPSA) is 91.4 Å². The summed E-state index contributed by atoms with van der Waals surface area (Å²) in [6.45, 7) is 3.85. The maximum absolute atomic E-state index is 13.1. The molecular weight excluding hydrogens is 543 g/mol. The molecule has 0 spiro atoms. The van der Waals surface area contributed by atoms with Gasteiger partial charge in [-0.1, -0.05) is 47.5 Å². The number of halogens is 2. The Morgan fingerprint density at radius 1 is 0.921 bits per heavy atom. The van der Waals surface area contributed by atoms with E-state index in [1.165, 1.54) is 11.3 Å². The van der Waals surface area contributed by atoms with E-state index >= 15 is 0 Å². The third-order valence-electron chi connectivity index (χ3n) is 6.03. The number of carbonyl (C=O) groups is 3. The molecule has 0 fully saturated rings. The highest BCUT2D eigenvalue weighted by atomic mass is 35.5. The van der Waals surface area contributed by atoms with Crippen molar-refractivity contribution in [2.75, 3.05) is 15.5 Å². The van der Waals surface area contributed by atoms with Crippen LogP contribution in [0.5, 0.6) is 0 Å². The van der Waals surface area contributed by atoms with Gasteiger partial charge < -0.3 is 5.32 Å². The van der Waals surface area contributed by atoms with Gasteiger partial charge in [-0.2, -0.15) is 0 Å². The van der Waals surface area contributed by atoms with Crippen molar-refractivity contribution in [3.63, 3.8) is 0 Å². The largest absolute Gasteiger partial charge is 0.350 e. The van der Waals surface area contributed by atoms with Crippen LogP contribution >= 0.6 is 34.5 Å². The number of anilines is 3. The normalized spacial score (nSPS) is 13.3. The zero-order chi connectivity index (χ0) is 27.0. The predicted octanol–water partition coefficient (Wildman–Crippen LogP) is 6.77. The van der Waals surface area contributed by atoms with Gasteiger partial charge in [0.1, 0.15) is 10.7 Å². The molecule has 0 saturated carbocycles. The van der Waals surface area contributed by atoms with Gasteiger partial charge in [-0.3, -0.25) is 19.7 Å². The summed E-state index contributed by atoms with van der Waals surface area (Å²) in [5.74, 6) is -1.57. The maximum atomic E-state index is 13.1. The Bertz CT molecular complexity index is 1630. The molecule has 1 aliphatic rings. The van der Waals surface area contributed by atoms with Gasteiger partial charge in [0.05, 0.1) is 11.4 Å². The van der Waals surface area contributed by atoms with Gasteiger partial charge in [-0.25, -0.2) is 9.88 Å².